The van der Waals surface area contributed by atoms with Crippen LogP contribution in [0.4, 0.5) is 4.39 Å². The summed E-state index contributed by atoms with van der Waals surface area (Å²) in [4.78, 5) is 12.2. The quantitative estimate of drug-likeness (QED) is 0.543. The minimum absolute atomic E-state index is 0.141. The molecule has 0 aromatic rings. The SMILES string of the molecule is CN1CCC(F)(C(N)=O)C1. The number of alkyl halides is 1. The van der Waals surface area contributed by atoms with E-state index in [0.717, 1.165) is 0 Å². The molecule has 0 saturated carbocycles. The number of rotatable bonds is 1. The first kappa shape index (κ1) is 7.47. The van der Waals surface area contributed by atoms with Gasteiger partial charge >= 0.3 is 0 Å². The molecular weight excluding hydrogens is 135 g/mol. The molecule has 0 aromatic heterocycles. The molecule has 1 amide bonds. The van der Waals surface area contributed by atoms with E-state index in [-0.39, 0.29) is 13.0 Å². The van der Waals surface area contributed by atoms with E-state index in [1.54, 1.807) is 11.9 Å². The lowest BCUT2D eigenvalue weighted by atomic mass is 10.1. The molecule has 1 saturated heterocycles. The minimum atomic E-state index is -1.77. The fourth-order valence-electron chi connectivity index (χ4n) is 1.16. The Hall–Kier alpha value is -0.640. The van der Waals surface area contributed by atoms with Crippen LogP contribution in [-0.4, -0.2) is 36.6 Å². The van der Waals surface area contributed by atoms with Crippen LogP contribution in [0.25, 0.3) is 0 Å². The van der Waals surface area contributed by atoms with Crippen molar-refractivity contribution in [3.63, 3.8) is 0 Å². The van der Waals surface area contributed by atoms with Crippen molar-refractivity contribution in [1.82, 2.24) is 4.90 Å². The summed E-state index contributed by atoms with van der Waals surface area (Å²) < 4.78 is 13.2. The number of amides is 1. The van der Waals surface area contributed by atoms with Gasteiger partial charge in [0.25, 0.3) is 5.91 Å². The number of halogens is 1. The molecule has 1 unspecified atom stereocenters. The van der Waals surface area contributed by atoms with Gasteiger partial charge in [-0.1, -0.05) is 0 Å². The third kappa shape index (κ3) is 1.11. The summed E-state index contributed by atoms with van der Waals surface area (Å²) in [7, 11) is 1.77. The lowest BCUT2D eigenvalue weighted by Crippen LogP contribution is -2.41. The highest BCUT2D eigenvalue weighted by Gasteiger charge is 2.42. The number of nitrogens with zero attached hydrogens (tertiary/aromatic N) is 1. The molecule has 0 aromatic carbocycles. The smallest absolute Gasteiger partial charge is 0.256 e. The number of hydrogen-bond acceptors (Lipinski definition) is 2. The van der Waals surface area contributed by atoms with Gasteiger partial charge in [-0.05, 0) is 7.05 Å². The molecule has 3 nitrogen and oxygen atoms in total. The average molecular weight is 146 g/mol. The number of hydrogen-bond donors (Lipinski definition) is 1. The van der Waals surface area contributed by atoms with Crippen molar-refractivity contribution in [3.05, 3.63) is 0 Å². The van der Waals surface area contributed by atoms with Gasteiger partial charge in [0.1, 0.15) is 0 Å². The molecule has 1 atom stereocenters. The standard InChI is InChI=1S/C6H11FN2O/c1-9-3-2-6(7,4-9)5(8)10/h2-4H2,1H3,(H2,8,10). The highest BCUT2D eigenvalue weighted by Crippen LogP contribution is 2.23. The predicted molar refractivity (Wildman–Crippen MR) is 35.1 cm³/mol. The van der Waals surface area contributed by atoms with Gasteiger partial charge in [0.05, 0.1) is 0 Å². The van der Waals surface area contributed by atoms with Gasteiger partial charge < -0.3 is 10.6 Å². The largest absolute Gasteiger partial charge is 0.367 e. The summed E-state index contributed by atoms with van der Waals surface area (Å²) in [6.07, 6.45) is 0.235. The van der Waals surface area contributed by atoms with Gasteiger partial charge in [0.15, 0.2) is 0 Å². The Bertz CT molecular complexity index is 162. The summed E-state index contributed by atoms with van der Waals surface area (Å²) in [5.74, 6) is -0.836. The fourth-order valence-corrected chi connectivity index (χ4v) is 1.16. The van der Waals surface area contributed by atoms with Crippen LogP contribution >= 0.6 is 0 Å². The maximum atomic E-state index is 13.2. The van der Waals surface area contributed by atoms with Crippen molar-refractivity contribution in [2.75, 3.05) is 20.1 Å². The van der Waals surface area contributed by atoms with Crippen molar-refractivity contribution in [3.8, 4) is 0 Å². The van der Waals surface area contributed by atoms with Gasteiger partial charge in [-0.2, -0.15) is 0 Å². The molecule has 1 fully saturated rings. The summed E-state index contributed by atoms with van der Waals surface area (Å²) in [6.45, 7) is 0.752. The normalized spacial score (nSPS) is 34.6. The number of carbonyl (C=O) groups excluding carboxylic acids is 1. The van der Waals surface area contributed by atoms with Crippen molar-refractivity contribution in [1.29, 1.82) is 0 Å². The van der Waals surface area contributed by atoms with Crippen molar-refractivity contribution >= 4 is 5.91 Å². The second-order valence-electron chi connectivity index (χ2n) is 2.82. The first-order valence-corrected chi connectivity index (χ1v) is 3.22. The zero-order valence-corrected chi connectivity index (χ0v) is 5.93. The molecule has 0 bridgehead atoms. The Kier molecular flexibility index (Phi) is 1.64. The third-order valence-corrected chi connectivity index (χ3v) is 1.85. The summed E-state index contributed by atoms with van der Waals surface area (Å²) >= 11 is 0. The second kappa shape index (κ2) is 2.20. The van der Waals surface area contributed by atoms with Gasteiger partial charge in [-0.25, -0.2) is 4.39 Å². The Morgan fingerprint density at radius 3 is 2.60 bits per heavy atom. The van der Waals surface area contributed by atoms with Crippen molar-refractivity contribution < 1.29 is 9.18 Å². The van der Waals surface area contributed by atoms with E-state index in [9.17, 15) is 9.18 Å². The molecule has 0 radical (unpaired) electrons. The zero-order chi connectivity index (χ0) is 7.78. The number of nitrogens with two attached hydrogens (primary N) is 1. The molecule has 1 rings (SSSR count). The Labute approximate surface area is 59.0 Å². The van der Waals surface area contributed by atoms with E-state index in [2.05, 4.69) is 0 Å². The van der Waals surface area contributed by atoms with E-state index in [1.807, 2.05) is 0 Å². The monoisotopic (exact) mass is 146 g/mol. The van der Waals surface area contributed by atoms with Crippen LogP contribution in [-0.2, 0) is 4.79 Å². The maximum absolute atomic E-state index is 13.2. The molecular formula is C6H11FN2O. The molecule has 10 heavy (non-hydrogen) atoms. The van der Waals surface area contributed by atoms with Crippen molar-refractivity contribution in [2.45, 2.75) is 12.1 Å². The van der Waals surface area contributed by atoms with Crippen LogP contribution in [0.15, 0.2) is 0 Å². The maximum Gasteiger partial charge on any atom is 0.256 e. The van der Waals surface area contributed by atoms with Gasteiger partial charge in [-0.3, -0.25) is 4.79 Å². The zero-order valence-electron chi connectivity index (χ0n) is 5.93. The van der Waals surface area contributed by atoms with Gasteiger partial charge in [0.2, 0.25) is 5.67 Å². The third-order valence-electron chi connectivity index (χ3n) is 1.85. The van der Waals surface area contributed by atoms with E-state index in [4.69, 9.17) is 5.73 Å². The summed E-state index contributed by atoms with van der Waals surface area (Å²) in [6, 6.07) is 0. The lowest BCUT2D eigenvalue weighted by molar-refractivity contribution is -0.128. The molecule has 58 valence electrons. The highest BCUT2D eigenvalue weighted by atomic mass is 19.1. The topological polar surface area (TPSA) is 46.3 Å². The highest BCUT2D eigenvalue weighted by molar-refractivity contribution is 5.84. The number of likely N-dealkylation sites (tertiary alicyclic amines) is 1. The molecule has 0 spiro atoms. The predicted octanol–water partition coefficient (Wildman–Crippen LogP) is -0.484. The van der Waals surface area contributed by atoms with Gasteiger partial charge in [-0.15, -0.1) is 0 Å². The molecule has 1 aliphatic rings. The van der Waals surface area contributed by atoms with E-state index >= 15 is 0 Å². The van der Waals surface area contributed by atoms with E-state index in [0.29, 0.717) is 6.54 Å². The first-order chi connectivity index (χ1) is 4.54. The van der Waals surface area contributed by atoms with E-state index in [1.165, 1.54) is 0 Å². The van der Waals surface area contributed by atoms with Crippen LogP contribution in [0.3, 0.4) is 0 Å². The van der Waals surface area contributed by atoms with Gasteiger partial charge in [0, 0.05) is 19.5 Å². The molecule has 1 heterocycles. The number of primary amides is 1. The van der Waals surface area contributed by atoms with Crippen LogP contribution in [0, 0.1) is 0 Å². The lowest BCUT2D eigenvalue weighted by Gasteiger charge is -2.13. The van der Waals surface area contributed by atoms with E-state index < -0.39 is 11.6 Å². The molecule has 4 heteroatoms. The van der Waals surface area contributed by atoms with Crippen LogP contribution in [0.5, 0.6) is 0 Å². The summed E-state index contributed by atoms with van der Waals surface area (Å²) in [5.41, 5.74) is 3.08. The fraction of sp³-hybridized carbons (Fsp3) is 0.833. The first-order valence-electron chi connectivity index (χ1n) is 3.22. The summed E-state index contributed by atoms with van der Waals surface area (Å²) in [5, 5.41) is 0. The van der Waals surface area contributed by atoms with Crippen LogP contribution in [0.1, 0.15) is 6.42 Å². The minimum Gasteiger partial charge on any atom is -0.367 e. The molecule has 0 aliphatic carbocycles. The van der Waals surface area contributed by atoms with Crippen LogP contribution in [0.2, 0.25) is 0 Å². The Balaban J connectivity index is 2.63. The molecule has 1 aliphatic heterocycles. The Morgan fingerprint density at radius 1 is 1.80 bits per heavy atom. The van der Waals surface area contributed by atoms with Crippen molar-refractivity contribution in [2.24, 2.45) is 5.73 Å². The molecule has 2 N–H and O–H groups in total. The Morgan fingerprint density at radius 2 is 2.40 bits per heavy atom. The second-order valence-corrected chi connectivity index (χ2v) is 2.82. The van der Waals surface area contributed by atoms with Crippen LogP contribution < -0.4 is 5.73 Å². The number of carbonyl (C=O) groups is 1. The average Bonchev–Trinajstić information content (AvgIpc) is 2.13.